The molecule has 0 atom stereocenters. The molecule has 0 aliphatic rings. The lowest BCUT2D eigenvalue weighted by atomic mass is 10.0. The Kier molecular flexibility index (Phi) is 6.87. The van der Waals surface area contributed by atoms with Gasteiger partial charge in [-0.15, -0.1) is 0 Å². The molecule has 4 aromatic rings. The highest BCUT2D eigenvalue weighted by Gasteiger charge is 2.18. The second-order valence-corrected chi connectivity index (χ2v) is 7.47. The van der Waals surface area contributed by atoms with E-state index in [1.165, 1.54) is 0 Å². The van der Waals surface area contributed by atoms with E-state index in [9.17, 15) is 4.79 Å². The zero-order valence-electron chi connectivity index (χ0n) is 19.5. The Balaban J connectivity index is 1.58. The van der Waals surface area contributed by atoms with E-state index < -0.39 is 0 Å². The van der Waals surface area contributed by atoms with E-state index in [2.05, 4.69) is 5.32 Å². The summed E-state index contributed by atoms with van der Waals surface area (Å²) in [5.41, 5.74) is 1.58. The maximum absolute atomic E-state index is 13.2. The number of carbonyl (C=O) groups excluding carboxylic acids is 1. The zero-order valence-corrected chi connectivity index (χ0v) is 19.5. The lowest BCUT2D eigenvalue weighted by Crippen LogP contribution is -2.28. The van der Waals surface area contributed by atoms with Crippen molar-refractivity contribution in [2.75, 3.05) is 34.5 Å². The van der Waals surface area contributed by atoms with E-state index in [0.29, 0.717) is 58.3 Å². The average Bonchev–Trinajstić information content (AvgIpc) is 3.31. The first kappa shape index (κ1) is 23.0. The molecule has 0 radical (unpaired) electrons. The lowest BCUT2D eigenvalue weighted by Gasteiger charge is -2.13. The van der Waals surface area contributed by atoms with Crippen molar-refractivity contribution in [2.45, 2.75) is 6.92 Å². The summed E-state index contributed by atoms with van der Waals surface area (Å²) in [5.74, 6) is 3.54. The third-order valence-corrected chi connectivity index (χ3v) is 5.27. The number of nitrogens with zero attached hydrogens (tertiary/aromatic N) is 1. The SMILES string of the molecule is COc1ccc(OCCNC(=O)c2cc(-c3ccc(C)o3)nc3cc(OC)c(OC)cc23)cc1. The summed E-state index contributed by atoms with van der Waals surface area (Å²) in [5, 5.41) is 3.55. The number of nitrogens with one attached hydrogen (secondary N) is 1. The lowest BCUT2D eigenvalue weighted by molar-refractivity contribution is 0.0948. The van der Waals surface area contributed by atoms with Gasteiger partial charge >= 0.3 is 0 Å². The van der Waals surface area contributed by atoms with Crippen LogP contribution in [0.4, 0.5) is 0 Å². The summed E-state index contributed by atoms with van der Waals surface area (Å²) < 4.78 is 27.4. The number of rotatable bonds is 9. The minimum absolute atomic E-state index is 0.262. The van der Waals surface area contributed by atoms with Crippen molar-refractivity contribution in [2.24, 2.45) is 0 Å². The Hall–Kier alpha value is -4.20. The van der Waals surface area contributed by atoms with E-state index in [1.807, 2.05) is 43.3 Å². The Labute approximate surface area is 197 Å². The van der Waals surface area contributed by atoms with Gasteiger partial charge in [0, 0.05) is 11.5 Å². The molecule has 2 heterocycles. The quantitative estimate of drug-likeness (QED) is 0.362. The van der Waals surface area contributed by atoms with Crippen LogP contribution in [0, 0.1) is 6.92 Å². The molecule has 2 aromatic heterocycles. The summed E-state index contributed by atoms with van der Waals surface area (Å²) in [7, 11) is 4.71. The summed E-state index contributed by atoms with van der Waals surface area (Å²) in [6, 6.07) is 16.2. The van der Waals surface area contributed by atoms with Crippen LogP contribution < -0.4 is 24.3 Å². The Morgan fingerprint density at radius 3 is 2.26 bits per heavy atom. The molecule has 0 unspecified atom stereocenters. The molecular formula is C26H26N2O6. The maximum Gasteiger partial charge on any atom is 0.252 e. The first-order chi connectivity index (χ1) is 16.5. The number of hydrogen-bond donors (Lipinski definition) is 1. The van der Waals surface area contributed by atoms with Crippen molar-refractivity contribution >= 4 is 16.8 Å². The Morgan fingerprint density at radius 1 is 0.912 bits per heavy atom. The predicted octanol–water partition coefficient (Wildman–Crippen LogP) is 4.64. The molecule has 0 bridgehead atoms. The van der Waals surface area contributed by atoms with Gasteiger partial charge < -0.3 is 28.7 Å². The summed E-state index contributed by atoms with van der Waals surface area (Å²) in [6.07, 6.45) is 0. The van der Waals surface area contributed by atoms with Gasteiger partial charge in [-0.2, -0.15) is 0 Å². The number of methoxy groups -OCH3 is 3. The van der Waals surface area contributed by atoms with Crippen LogP contribution in [0.2, 0.25) is 0 Å². The molecule has 0 spiro atoms. The molecule has 176 valence electrons. The first-order valence-corrected chi connectivity index (χ1v) is 10.7. The zero-order chi connectivity index (χ0) is 24.1. The van der Waals surface area contributed by atoms with Crippen molar-refractivity contribution in [1.82, 2.24) is 10.3 Å². The number of aromatic nitrogens is 1. The minimum atomic E-state index is -0.262. The molecule has 1 N–H and O–H groups in total. The van der Waals surface area contributed by atoms with Gasteiger partial charge in [0.2, 0.25) is 0 Å². The molecule has 1 amide bonds. The summed E-state index contributed by atoms with van der Waals surface area (Å²) in [6.45, 7) is 2.48. The molecule has 4 rings (SSSR count). The summed E-state index contributed by atoms with van der Waals surface area (Å²) in [4.78, 5) is 17.9. The van der Waals surface area contributed by atoms with Gasteiger partial charge in [-0.05, 0) is 55.5 Å². The predicted molar refractivity (Wildman–Crippen MR) is 128 cm³/mol. The molecule has 0 aliphatic carbocycles. The van der Waals surface area contributed by atoms with Crippen LogP contribution in [0.25, 0.3) is 22.4 Å². The van der Waals surface area contributed by atoms with Crippen molar-refractivity contribution in [3.8, 4) is 34.5 Å². The van der Waals surface area contributed by atoms with Crippen molar-refractivity contribution in [3.05, 3.63) is 65.9 Å². The van der Waals surface area contributed by atoms with Crippen molar-refractivity contribution in [3.63, 3.8) is 0 Å². The highest BCUT2D eigenvalue weighted by molar-refractivity contribution is 6.07. The maximum atomic E-state index is 13.2. The molecular weight excluding hydrogens is 436 g/mol. The molecule has 0 saturated heterocycles. The molecule has 0 fully saturated rings. The minimum Gasteiger partial charge on any atom is -0.497 e. The number of fused-ring (bicyclic) bond motifs is 1. The van der Waals surface area contributed by atoms with Crippen molar-refractivity contribution in [1.29, 1.82) is 0 Å². The van der Waals surface area contributed by atoms with Crippen molar-refractivity contribution < 1.29 is 28.2 Å². The molecule has 0 aliphatic heterocycles. The molecule has 0 saturated carbocycles. The number of hydrogen-bond acceptors (Lipinski definition) is 7. The molecule has 8 nitrogen and oxygen atoms in total. The molecule has 34 heavy (non-hydrogen) atoms. The Morgan fingerprint density at radius 2 is 1.62 bits per heavy atom. The first-order valence-electron chi connectivity index (χ1n) is 10.7. The highest BCUT2D eigenvalue weighted by Crippen LogP contribution is 2.35. The van der Waals surface area contributed by atoms with E-state index in [0.717, 1.165) is 11.5 Å². The van der Waals surface area contributed by atoms with Crippen LogP contribution in [0.15, 0.2) is 59.0 Å². The van der Waals surface area contributed by atoms with Gasteiger partial charge in [-0.25, -0.2) is 4.98 Å². The molecule has 2 aromatic carbocycles. The number of carbonyl (C=O) groups is 1. The largest absolute Gasteiger partial charge is 0.497 e. The summed E-state index contributed by atoms with van der Waals surface area (Å²) >= 11 is 0. The van der Waals surface area contributed by atoms with Gasteiger partial charge in [0.1, 0.15) is 29.6 Å². The highest BCUT2D eigenvalue weighted by atomic mass is 16.5. The third kappa shape index (κ3) is 4.91. The van der Waals surface area contributed by atoms with Crippen LogP contribution in [0.1, 0.15) is 16.1 Å². The van der Waals surface area contributed by atoms with Crippen LogP contribution in [-0.2, 0) is 0 Å². The van der Waals surface area contributed by atoms with Gasteiger partial charge in [0.15, 0.2) is 17.3 Å². The number of amides is 1. The second kappa shape index (κ2) is 10.2. The van der Waals surface area contributed by atoms with Crippen LogP contribution >= 0.6 is 0 Å². The fraction of sp³-hybridized carbons (Fsp3) is 0.231. The van der Waals surface area contributed by atoms with Crippen LogP contribution in [0.5, 0.6) is 23.0 Å². The van der Waals surface area contributed by atoms with Crippen LogP contribution in [-0.4, -0.2) is 45.4 Å². The van der Waals surface area contributed by atoms with Gasteiger partial charge in [-0.1, -0.05) is 0 Å². The Bertz CT molecular complexity index is 1300. The van der Waals surface area contributed by atoms with E-state index in [1.54, 1.807) is 39.5 Å². The number of benzene rings is 2. The normalized spacial score (nSPS) is 10.7. The number of pyridine rings is 1. The third-order valence-electron chi connectivity index (χ3n) is 5.27. The average molecular weight is 463 g/mol. The van der Waals surface area contributed by atoms with E-state index >= 15 is 0 Å². The van der Waals surface area contributed by atoms with E-state index in [-0.39, 0.29) is 5.91 Å². The van der Waals surface area contributed by atoms with Crippen LogP contribution in [0.3, 0.4) is 0 Å². The monoisotopic (exact) mass is 462 g/mol. The number of furan rings is 1. The number of aryl methyl sites for hydroxylation is 1. The topological polar surface area (TPSA) is 92.1 Å². The second-order valence-electron chi connectivity index (χ2n) is 7.47. The fourth-order valence-corrected chi connectivity index (χ4v) is 3.54. The smallest absolute Gasteiger partial charge is 0.252 e. The number of ether oxygens (including phenoxy) is 4. The van der Waals surface area contributed by atoms with E-state index in [4.69, 9.17) is 28.3 Å². The standard InChI is InChI=1S/C26H26N2O6/c1-16-5-10-23(34-16)22-13-20(19-14-24(31-3)25(32-4)15-21(19)28-22)26(29)27-11-12-33-18-8-6-17(30-2)7-9-18/h5-10,13-15H,11-12H2,1-4H3,(H,27,29). The van der Waals surface area contributed by atoms with Gasteiger partial charge in [0.05, 0.1) is 39.0 Å². The molecule has 8 heteroatoms. The van der Waals surface area contributed by atoms with Gasteiger partial charge in [-0.3, -0.25) is 4.79 Å². The van der Waals surface area contributed by atoms with Gasteiger partial charge in [0.25, 0.3) is 5.91 Å². The fourth-order valence-electron chi connectivity index (χ4n) is 3.54.